The van der Waals surface area contributed by atoms with E-state index in [0.717, 1.165) is 38.1 Å². The molecule has 0 saturated carbocycles. The Morgan fingerprint density at radius 2 is 1.41 bits per heavy atom. The number of carbonyl (C=O) groups is 9. The minimum absolute atomic E-state index is 0.0539. The second-order valence-electron chi connectivity index (χ2n) is 19.7. The highest BCUT2D eigenvalue weighted by Crippen LogP contribution is 2.29. The third kappa shape index (κ3) is 16.4. The molecule has 2 aliphatic heterocycles. The largest absolute Gasteiger partial charge is 0.508 e. The van der Waals surface area contributed by atoms with Crippen LogP contribution in [0, 0.1) is 5.92 Å². The maximum Gasteiger partial charge on any atom is 0.244 e. The first kappa shape index (κ1) is 60.0. The summed E-state index contributed by atoms with van der Waals surface area (Å²) >= 11 is 0. The number of nitrogens with one attached hydrogen (secondary N) is 8. The second kappa shape index (κ2) is 28.4. The van der Waals surface area contributed by atoms with Crippen molar-refractivity contribution in [3.05, 3.63) is 95.7 Å². The fourth-order valence-corrected chi connectivity index (χ4v) is 11.3. The first-order valence-electron chi connectivity index (χ1n) is 25.8. The normalized spacial score (nSPS) is 22.1. The third-order valence-corrected chi connectivity index (χ3v) is 15.8. The number of aliphatic hydroxyl groups excluding tert-OH is 1. The maximum absolute atomic E-state index is 14.9. The number of hydrogen-bond donors (Lipinski definition) is 13. The van der Waals surface area contributed by atoms with Gasteiger partial charge in [-0.15, -0.1) is 0 Å². The number of hydrogen-bond acceptors (Lipinski definition) is 15. The van der Waals surface area contributed by atoms with Gasteiger partial charge in [0.15, 0.2) is 0 Å². The summed E-state index contributed by atoms with van der Waals surface area (Å²) in [5, 5.41) is 39.9. The molecule has 420 valence electrons. The number of phenolic OH excluding ortho intramolecular Hbond substituents is 1. The summed E-state index contributed by atoms with van der Waals surface area (Å²) in [7, 11) is 1.93. The van der Waals surface area contributed by atoms with Crippen molar-refractivity contribution < 1.29 is 53.4 Å². The van der Waals surface area contributed by atoms with Gasteiger partial charge in [-0.05, 0) is 86.0 Å². The summed E-state index contributed by atoms with van der Waals surface area (Å²) in [6.07, 6.45) is 1.00. The highest BCUT2D eigenvalue weighted by molar-refractivity contribution is 8.76. The first-order chi connectivity index (χ1) is 37.2. The van der Waals surface area contributed by atoms with Crippen molar-refractivity contribution in [1.29, 1.82) is 0 Å². The van der Waals surface area contributed by atoms with E-state index < -0.39 is 120 Å². The van der Waals surface area contributed by atoms with Gasteiger partial charge in [0.1, 0.15) is 48.0 Å². The molecule has 4 unspecified atom stereocenters. The maximum atomic E-state index is 14.9. The molecule has 1 saturated heterocycles. The van der Waals surface area contributed by atoms with Gasteiger partial charge in [-0.25, -0.2) is 0 Å². The zero-order chi connectivity index (χ0) is 56.6. The molecule has 23 nitrogen and oxygen atoms in total. The van der Waals surface area contributed by atoms with Crippen LogP contribution in [0.5, 0.6) is 5.75 Å². The van der Waals surface area contributed by atoms with Crippen LogP contribution in [0.25, 0.3) is 10.9 Å². The number of primary amides is 1. The number of aromatic hydroxyl groups is 1. The van der Waals surface area contributed by atoms with E-state index in [1.165, 1.54) is 36.1 Å². The zero-order valence-corrected chi connectivity index (χ0v) is 45.3. The fourth-order valence-electron chi connectivity index (χ4n) is 8.98. The molecule has 3 aromatic carbocycles. The van der Waals surface area contributed by atoms with Crippen LogP contribution < -0.4 is 59.3 Å². The smallest absolute Gasteiger partial charge is 0.244 e. The lowest BCUT2D eigenvalue weighted by Gasteiger charge is -2.29. The summed E-state index contributed by atoms with van der Waals surface area (Å²) in [5.41, 5.74) is 21.2. The SMILES string of the molecule is CC(C)C1NC(=O)[C@H](CCCCN)NC(=O)C(Cc2c[nH]c3ccccc23)NC(=O)[C@H](Cc2ccc(O)cc2)NC(=O)C(NC(=O)[C@@H](N)CC(=O)N2CCc3ccccc32)CSSCC(C(=O)N[C@H](C(N)=O)[C@@H](C)O)NC1=O. The Labute approximate surface area is 459 Å². The molecule has 9 atom stereocenters. The van der Waals surface area contributed by atoms with Crippen molar-refractivity contribution >= 4 is 91.3 Å². The van der Waals surface area contributed by atoms with E-state index in [1.54, 1.807) is 38.2 Å². The molecule has 78 heavy (non-hydrogen) atoms. The number of phenols is 1. The molecule has 9 amide bonds. The van der Waals surface area contributed by atoms with E-state index in [4.69, 9.17) is 17.2 Å². The highest BCUT2D eigenvalue weighted by Gasteiger charge is 2.37. The van der Waals surface area contributed by atoms with E-state index in [0.29, 0.717) is 42.6 Å². The Kier molecular flexibility index (Phi) is 21.9. The molecule has 16 N–H and O–H groups in total. The number of anilines is 1. The molecule has 25 heteroatoms. The van der Waals surface area contributed by atoms with Crippen molar-refractivity contribution in [2.45, 2.75) is 120 Å². The molecule has 1 aromatic heterocycles. The minimum atomic E-state index is -1.57. The Morgan fingerprint density at radius 3 is 2.10 bits per heavy atom. The van der Waals surface area contributed by atoms with Gasteiger partial charge in [0.05, 0.1) is 18.6 Å². The molecular weight excluding hydrogens is 1040 g/mol. The van der Waals surface area contributed by atoms with Crippen molar-refractivity contribution in [2.24, 2.45) is 23.1 Å². The van der Waals surface area contributed by atoms with Crippen molar-refractivity contribution in [1.82, 2.24) is 42.2 Å². The van der Waals surface area contributed by atoms with Gasteiger partial charge in [-0.1, -0.05) is 84.0 Å². The summed E-state index contributed by atoms with van der Waals surface area (Å²) in [6.45, 7) is 5.17. The Bertz CT molecular complexity index is 2800. The molecule has 2 aliphatic rings. The number of rotatable bonds is 17. The summed E-state index contributed by atoms with van der Waals surface area (Å²) in [5.74, 6) is -8.63. The van der Waals surface area contributed by atoms with Crippen molar-refractivity contribution in [2.75, 3.05) is 29.5 Å². The van der Waals surface area contributed by atoms with Crippen LogP contribution in [-0.2, 0) is 62.4 Å². The van der Waals surface area contributed by atoms with Gasteiger partial charge < -0.3 is 74.5 Å². The van der Waals surface area contributed by atoms with Crippen LogP contribution in [0.4, 0.5) is 5.69 Å². The predicted octanol–water partition coefficient (Wildman–Crippen LogP) is -0.595. The second-order valence-corrected chi connectivity index (χ2v) is 22.2. The van der Waals surface area contributed by atoms with Crippen LogP contribution >= 0.6 is 21.6 Å². The molecule has 3 heterocycles. The van der Waals surface area contributed by atoms with E-state index in [-0.39, 0.29) is 43.1 Å². The number of fused-ring (bicyclic) bond motifs is 2. The topological polar surface area (TPSA) is 375 Å². The molecule has 6 rings (SSSR count). The van der Waals surface area contributed by atoms with Gasteiger partial charge in [0.2, 0.25) is 53.2 Å². The third-order valence-electron chi connectivity index (χ3n) is 13.4. The van der Waals surface area contributed by atoms with Crippen LogP contribution in [0.1, 0.15) is 63.1 Å². The summed E-state index contributed by atoms with van der Waals surface area (Å²) in [6, 6.07) is 9.06. The molecule has 4 aromatic rings. The number of benzene rings is 3. The number of unbranched alkanes of at least 4 members (excludes halogenated alkanes) is 1. The number of amides is 9. The van der Waals surface area contributed by atoms with Crippen molar-refractivity contribution in [3.63, 3.8) is 0 Å². The number of aromatic nitrogens is 1. The lowest BCUT2D eigenvalue weighted by Crippen LogP contribution is -2.62. The summed E-state index contributed by atoms with van der Waals surface area (Å²) in [4.78, 5) is 132. The highest BCUT2D eigenvalue weighted by atomic mass is 33.1. The molecule has 0 spiro atoms. The average Bonchev–Trinajstić information content (AvgIpc) is 4.05. The van der Waals surface area contributed by atoms with Gasteiger partial charge in [-0.3, -0.25) is 43.2 Å². The first-order valence-corrected chi connectivity index (χ1v) is 28.2. The van der Waals surface area contributed by atoms with Gasteiger partial charge in [0, 0.05) is 53.7 Å². The van der Waals surface area contributed by atoms with Gasteiger partial charge in [-0.2, -0.15) is 0 Å². The van der Waals surface area contributed by atoms with E-state index >= 15 is 0 Å². The van der Waals surface area contributed by atoms with Crippen LogP contribution in [0.3, 0.4) is 0 Å². The Hall–Kier alpha value is -7.19. The number of nitrogens with zero attached hydrogens (tertiary/aromatic N) is 1. The van der Waals surface area contributed by atoms with E-state index in [1.807, 2.05) is 30.3 Å². The number of nitrogens with two attached hydrogens (primary N) is 3. The van der Waals surface area contributed by atoms with E-state index in [2.05, 4.69) is 42.2 Å². The molecule has 0 radical (unpaired) electrons. The monoisotopic (exact) mass is 1110 g/mol. The predicted molar refractivity (Wildman–Crippen MR) is 296 cm³/mol. The average molecular weight is 1120 g/mol. The van der Waals surface area contributed by atoms with Crippen LogP contribution in [-0.4, -0.2) is 147 Å². The lowest BCUT2D eigenvalue weighted by atomic mass is 10.00. The zero-order valence-electron chi connectivity index (χ0n) is 43.6. The number of aliphatic hydroxyl groups is 1. The van der Waals surface area contributed by atoms with Crippen LogP contribution in [0.15, 0.2) is 79.0 Å². The fraction of sp³-hybridized carbons (Fsp3) is 0.453. The molecule has 0 bridgehead atoms. The standard InChI is InChI=1S/C53H70N12O11S2/c1-28(2)44-53(76)62-41(52(75)64-45(29(3)66)46(56)69)27-78-77-26-40(61-47(70)35(55)24-43(68)65-21-19-31-10-4-7-14-42(31)65)51(74)59-38(22-30-15-17-33(67)18-16-30)49(72)60-39(23-32-25-57-36-12-6-5-11-34(32)36)50(73)58-37(48(71)63-44)13-8-9-20-54/h4-7,10-12,14-18,25,28-29,35,37-41,44-45,57,66-67H,8-9,13,19-24,26-27,54-55H2,1-3H3,(H2,56,69)(H,58,73)(H,59,74)(H,60,72)(H,61,70)(H,62,76)(H,63,71)(H,64,75)/t29-,35+,37+,38+,39?,40?,41?,44?,45+/m1/s1. The Morgan fingerprint density at radius 1 is 0.769 bits per heavy atom. The Balaban J connectivity index is 1.38. The lowest BCUT2D eigenvalue weighted by molar-refractivity contribution is -0.136. The number of para-hydroxylation sites is 2. The van der Waals surface area contributed by atoms with Gasteiger partial charge in [0.25, 0.3) is 0 Å². The van der Waals surface area contributed by atoms with E-state index in [9.17, 15) is 53.4 Å². The number of H-pyrrole nitrogens is 1. The number of aromatic amines is 1. The molecule has 0 aliphatic carbocycles. The van der Waals surface area contributed by atoms with Gasteiger partial charge >= 0.3 is 0 Å². The van der Waals surface area contributed by atoms with Crippen LogP contribution in [0.2, 0.25) is 0 Å². The molecular formula is C53H70N12O11S2. The quantitative estimate of drug-likeness (QED) is 0.0464. The number of carbonyl (C=O) groups excluding carboxylic acids is 9. The summed E-state index contributed by atoms with van der Waals surface area (Å²) < 4.78 is 0. The minimum Gasteiger partial charge on any atom is -0.508 e. The molecule has 1 fully saturated rings. The van der Waals surface area contributed by atoms with Crippen molar-refractivity contribution in [3.8, 4) is 5.75 Å².